The zero-order valence-corrected chi connectivity index (χ0v) is 11.9. The molecule has 0 radical (unpaired) electrons. The van der Waals surface area contributed by atoms with E-state index in [0.717, 1.165) is 16.9 Å². The van der Waals surface area contributed by atoms with E-state index >= 15 is 0 Å². The molecular weight excluding hydrogens is 222 g/mol. The predicted octanol–water partition coefficient (Wildman–Crippen LogP) is 3.52. The third-order valence-electron chi connectivity index (χ3n) is 3.40. The van der Waals surface area contributed by atoms with E-state index < -0.39 is 0 Å². The van der Waals surface area contributed by atoms with Crippen LogP contribution in [-0.4, -0.2) is 9.97 Å². The summed E-state index contributed by atoms with van der Waals surface area (Å²) >= 11 is 0. The topological polar surface area (TPSA) is 54.7 Å². The van der Waals surface area contributed by atoms with Crippen molar-refractivity contribution in [2.45, 2.75) is 46.1 Å². The maximum Gasteiger partial charge on any atom is 0.124 e. The van der Waals surface area contributed by atoms with Gasteiger partial charge in [0.1, 0.15) is 5.82 Å². The second-order valence-corrected chi connectivity index (χ2v) is 6.37. The number of aromatic amines is 1. The number of nitrogens with one attached hydrogen (secondary N) is 1. The first-order valence-corrected chi connectivity index (χ1v) is 6.55. The Hall–Kier alpha value is -1.35. The van der Waals surface area contributed by atoms with Crippen LogP contribution in [0.15, 0.2) is 18.2 Å². The zero-order valence-electron chi connectivity index (χ0n) is 11.9. The standard InChI is InChI=1S/C15H23N3/c1-9(2)13(16)14-17-11-7-6-10(15(3,4)5)8-12(11)18-14/h6-9,13H,16H2,1-5H3,(H,17,18)/t13-/m0/s1. The average Bonchev–Trinajstić information content (AvgIpc) is 2.68. The highest BCUT2D eigenvalue weighted by Crippen LogP contribution is 2.26. The molecule has 18 heavy (non-hydrogen) atoms. The van der Waals surface area contributed by atoms with Crippen LogP contribution < -0.4 is 5.73 Å². The Morgan fingerprint density at radius 2 is 1.89 bits per heavy atom. The molecule has 1 heterocycles. The van der Waals surface area contributed by atoms with Crippen molar-refractivity contribution >= 4 is 11.0 Å². The summed E-state index contributed by atoms with van der Waals surface area (Å²) in [4.78, 5) is 7.93. The molecule has 0 aliphatic heterocycles. The van der Waals surface area contributed by atoms with Gasteiger partial charge in [-0.25, -0.2) is 4.98 Å². The van der Waals surface area contributed by atoms with Gasteiger partial charge in [0, 0.05) is 0 Å². The Bertz CT molecular complexity index is 546. The minimum absolute atomic E-state index is 0.0320. The van der Waals surface area contributed by atoms with Crippen molar-refractivity contribution < 1.29 is 0 Å². The molecular formula is C15H23N3. The van der Waals surface area contributed by atoms with Crippen molar-refractivity contribution in [3.63, 3.8) is 0 Å². The fourth-order valence-electron chi connectivity index (χ4n) is 1.97. The van der Waals surface area contributed by atoms with Gasteiger partial charge in [0.15, 0.2) is 0 Å². The summed E-state index contributed by atoms with van der Waals surface area (Å²) in [6.07, 6.45) is 0. The van der Waals surface area contributed by atoms with Gasteiger partial charge in [-0.2, -0.15) is 0 Å². The molecule has 1 atom stereocenters. The third kappa shape index (κ3) is 2.41. The number of imidazole rings is 1. The lowest BCUT2D eigenvalue weighted by Crippen LogP contribution is -2.18. The van der Waals surface area contributed by atoms with Crippen molar-refractivity contribution in [1.29, 1.82) is 0 Å². The first-order valence-electron chi connectivity index (χ1n) is 6.55. The molecule has 0 spiro atoms. The van der Waals surface area contributed by atoms with Crippen LogP contribution in [-0.2, 0) is 5.41 Å². The van der Waals surface area contributed by atoms with Gasteiger partial charge in [-0.15, -0.1) is 0 Å². The Morgan fingerprint density at radius 3 is 2.44 bits per heavy atom. The molecule has 0 aliphatic carbocycles. The van der Waals surface area contributed by atoms with Crippen LogP contribution in [0.3, 0.4) is 0 Å². The van der Waals surface area contributed by atoms with E-state index in [1.165, 1.54) is 5.56 Å². The third-order valence-corrected chi connectivity index (χ3v) is 3.40. The minimum atomic E-state index is -0.0320. The molecule has 3 heteroatoms. The van der Waals surface area contributed by atoms with Crippen LogP contribution in [0.4, 0.5) is 0 Å². The first kappa shape index (κ1) is 13.1. The van der Waals surface area contributed by atoms with E-state index in [1.54, 1.807) is 0 Å². The summed E-state index contributed by atoms with van der Waals surface area (Å²) < 4.78 is 0. The van der Waals surface area contributed by atoms with Gasteiger partial charge in [0.05, 0.1) is 17.1 Å². The SMILES string of the molecule is CC(C)[C@H](N)c1nc2ccc(C(C)(C)C)cc2[nH]1. The van der Waals surface area contributed by atoms with Crippen LogP contribution in [0.25, 0.3) is 11.0 Å². The molecule has 0 saturated heterocycles. The first-order chi connectivity index (χ1) is 8.29. The van der Waals surface area contributed by atoms with Gasteiger partial charge in [-0.3, -0.25) is 0 Å². The van der Waals surface area contributed by atoms with Crippen molar-refractivity contribution in [1.82, 2.24) is 9.97 Å². The number of H-pyrrole nitrogens is 1. The largest absolute Gasteiger partial charge is 0.341 e. The summed E-state index contributed by atoms with van der Waals surface area (Å²) in [6, 6.07) is 6.37. The monoisotopic (exact) mass is 245 g/mol. The quantitative estimate of drug-likeness (QED) is 0.850. The summed E-state index contributed by atoms with van der Waals surface area (Å²) in [5.41, 5.74) is 9.66. The fourth-order valence-corrected chi connectivity index (χ4v) is 1.97. The van der Waals surface area contributed by atoms with Crippen LogP contribution in [0.2, 0.25) is 0 Å². The van der Waals surface area contributed by atoms with E-state index in [-0.39, 0.29) is 11.5 Å². The van der Waals surface area contributed by atoms with Gasteiger partial charge in [-0.1, -0.05) is 40.7 Å². The van der Waals surface area contributed by atoms with E-state index in [0.29, 0.717) is 5.92 Å². The lowest BCUT2D eigenvalue weighted by molar-refractivity contribution is 0.495. The summed E-state index contributed by atoms with van der Waals surface area (Å²) in [5, 5.41) is 0. The van der Waals surface area contributed by atoms with Crippen LogP contribution in [0.1, 0.15) is 52.0 Å². The molecule has 0 fully saturated rings. The number of aromatic nitrogens is 2. The maximum absolute atomic E-state index is 6.13. The lowest BCUT2D eigenvalue weighted by atomic mass is 9.87. The van der Waals surface area contributed by atoms with Crippen molar-refractivity contribution in [3.8, 4) is 0 Å². The van der Waals surface area contributed by atoms with Gasteiger partial charge in [0.2, 0.25) is 0 Å². The molecule has 0 saturated carbocycles. The average molecular weight is 245 g/mol. The van der Waals surface area contributed by atoms with E-state index in [4.69, 9.17) is 5.73 Å². The summed E-state index contributed by atoms with van der Waals surface area (Å²) in [5.74, 6) is 1.26. The number of nitrogens with two attached hydrogens (primary N) is 1. The minimum Gasteiger partial charge on any atom is -0.341 e. The highest BCUT2D eigenvalue weighted by atomic mass is 15.0. The predicted molar refractivity (Wildman–Crippen MR) is 76.6 cm³/mol. The molecule has 0 amide bonds. The Balaban J connectivity index is 2.46. The van der Waals surface area contributed by atoms with E-state index in [9.17, 15) is 0 Å². The fraction of sp³-hybridized carbons (Fsp3) is 0.533. The van der Waals surface area contributed by atoms with E-state index in [1.807, 2.05) is 0 Å². The normalized spacial score (nSPS) is 14.4. The molecule has 2 aromatic rings. The smallest absolute Gasteiger partial charge is 0.124 e. The second kappa shape index (κ2) is 4.39. The Labute approximate surface area is 109 Å². The number of hydrogen-bond acceptors (Lipinski definition) is 2. The number of nitrogens with zero attached hydrogens (tertiary/aromatic N) is 1. The second-order valence-electron chi connectivity index (χ2n) is 6.37. The molecule has 2 rings (SSSR count). The highest BCUT2D eigenvalue weighted by Gasteiger charge is 2.17. The highest BCUT2D eigenvalue weighted by molar-refractivity contribution is 5.76. The summed E-state index contributed by atoms with van der Waals surface area (Å²) in [7, 11) is 0. The molecule has 0 aliphatic rings. The van der Waals surface area contributed by atoms with Crippen molar-refractivity contribution in [2.75, 3.05) is 0 Å². The molecule has 0 bridgehead atoms. The van der Waals surface area contributed by atoms with Crippen LogP contribution >= 0.6 is 0 Å². The number of fused-ring (bicyclic) bond motifs is 1. The van der Waals surface area contributed by atoms with Gasteiger partial charge in [0.25, 0.3) is 0 Å². The van der Waals surface area contributed by atoms with Crippen LogP contribution in [0.5, 0.6) is 0 Å². The molecule has 1 aromatic carbocycles. The zero-order chi connectivity index (χ0) is 13.5. The number of hydrogen-bond donors (Lipinski definition) is 2. The molecule has 0 unspecified atom stereocenters. The Morgan fingerprint density at radius 1 is 1.22 bits per heavy atom. The van der Waals surface area contributed by atoms with Gasteiger partial charge < -0.3 is 10.7 Å². The van der Waals surface area contributed by atoms with Crippen LogP contribution in [0, 0.1) is 5.92 Å². The van der Waals surface area contributed by atoms with Crippen molar-refractivity contribution in [2.24, 2.45) is 11.7 Å². The molecule has 3 nitrogen and oxygen atoms in total. The lowest BCUT2D eigenvalue weighted by Gasteiger charge is -2.18. The Kier molecular flexibility index (Phi) is 3.20. The van der Waals surface area contributed by atoms with E-state index in [2.05, 4.69) is 62.8 Å². The molecule has 3 N–H and O–H groups in total. The number of benzene rings is 1. The number of rotatable bonds is 2. The molecule has 1 aromatic heterocycles. The molecule has 98 valence electrons. The maximum atomic E-state index is 6.13. The van der Waals surface area contributed by atoms with Gasteiger partial charge in [-0.05, 0) is 29.0 Å². The van der Waals surface area contributed by atoms with Gasteiger partial charge >= 0.3 is 0 Å². The summed E-state index contributed by atoms with van der Waals surface area (Å²) in [6.45, 7) is 10.9. The van der Waals surface area contributed by atoms with Crippen molar-refractivity contribution in [3.05, 3.63) is 29.6 Å².